The summed E-state index contributed by atoms with van der Waals surface area (Å²) in [5.41, 5.74) is 0. The third kappa shape index (κ3) is 30.0. The first-order chi connectivity index (χ1) is 14.4. The highest BCUT2D eigenvalue weighted by atomic mass is 32.3. The van der Waals surface area contributed by atoms with E-state index >= 15 is 0 Å². The van der Waals surface area contributed by atoms with Crippen LogP contribution in [0.1, 0.15) is 130 Å². The maximum atomic E-state index is 9.73. The second-order valence-electron chi connectivity index (χ2n) is 8.47. The zero-order valence-corrected chi connectivity index (χ0v) is 21.5. The van der Waals surface area contributed by atoms with Gasteiger partial charge >= 0.3 is 0 Å². The molecule has 1 N–H and O–H groups in total. The van der Waals surface area contributed by atoms with Crippen LogP contribution in [0.2, 0.25) is 0 Å². The van der Waals surface area contributed by atoms with Gasteiger partial charge in [0, 0.05) is 0 Å². The number of rotatable bonds is 21. The van der Waals surface area contributed by atoms with Crippen molar-refractivity contribution in [2.45, 2.75) is 130 Å². The lowest BCUT2D eigenvalue weighted by Gasteiger charge is -2.19. The van der Waals surface area contributed by atoms with Crippen molar-refractivity contribution in [3.63, 3.8) is 0 Å². The summed E-state index contributed by atoms with van der Waals surface area (Å²) in [6.07, 6.45) is 21.5. The Kier molecular flexibility index (Phi) is 26.8. The smallest absolute Gasteiger partial charge is 0.217 e. The molecule has 0 aromatic rings. The Morgan fingerprint density at radius 1 is 0.567 bits per heavy atom. The Morgan fingerprint density at radius 3 is 1.33 bits per heavy atom. The number of hydrogen-bond acceptors (Lipinski definition) is 4. The van der Waals surface area contributed by atoms with Crippen molar-refractivity contribution in [2.75, 3.05) is 26.2 Å². The highest BCUT2D eigenvalue weighted by molar-refractivity contribution is 7.80. The molecule has 0 spiro atoms. The molecule has 0 atom stereocenters. The Morgan fingerprint density at radius 2 is 0.933 bits per heavy atom. The summed E-state index contributed by atoms with van der Waals surface area (Å²) in [7, 11) is -4.45. The largest absolute Gasteiger partial charge is 0.726 e. The molecule has 0 aliphatic rings. The van der Waals surface area contributed by atoms with E-state index in [0.29, 0.717) is 6.42 Å². The molecule has 0 unspecified atom stereocenters. The molecular formula is C24H53NO4S. The van der Waals surface area contributed by atoms with Crippen LogP contribution in [-0.4, -0.2) is 39.2 Å². The Labute approximate surface area is 189 Å². The molecule has 5 nitrogen and oxygen atoms in total. The number of unbranched alkanes of at least 4 members (excludes halogenated alkanes) is 12. The van der Waals surface area contributed by atoms with Gasteiger partial charge in [-0.1, -0.05) is 98.3 Å². The van der Waals surface area contributed by atoms with Crippen molar-refractivity contribution >= 4 is 10.4 Å². The third-order valence-electron chi connectivity index (χ3n) is 5.38. The standard InChI is InChI=1S/C20H43N.C4H10O4S/c1-4-7-10-11-12-13-14-15-16-17-20-21(18-8-5-2)19-9-6-3;1-2-3-4-8-9(5,6)7/h4-20H2,1-3H3;2-4H2,1H3,(H,5,6,7). The molecule has 30 heavy (non-hydrogen) atoms. The van der Waals surface area contributed by atoms with Crippen molar-refractivity contribution in [3.05, 3.63) is 0 Å². The van der Waals surface area contributed by atoms with Crippen molar-refractivity contribution in [3.8, 4) is 0 Å². The average Bonchev–Trinajstić information content (AvgIpc) is 2.70. The first-order valence-electron chi connectivity index (χ1n) is 12.8. The Bertz CT molecular complexity index is 407. The predicted molar refractivity (Wildman–Crippen MR) is 128 cm³/mol. The van der Waals surface area contributed by atoms with E-state index in [4.69, 9.17) is 0 Å². The van der Waals surface area contributed by atoms with E-state index in [2.05, 4.69) is 25.0 Å². The van der Waals surface area contributed by atoms with Crippen molar-refractivity contribution in [1.82, 2.24) is 0 Å². The van der Waals surface area contributed by atoms with Crippen LogP contribution in [-0.2, 0) is 14.6 Å². The molecule has 0 aliphatic heterocycles. The van der Waals surface area contributed by atoms with E-state index in [0.717, 1.165) is 6.42 Å². The Balaban J connectivity index is 0. The van der Waals surface area contributed by atoms with Gasteiger partial charge in [0.1, 0.15) is 0 Å². The first-order valence-corrected chi connectivity index (χ1v) is 14.2. The van der Waals surface area contributed by atoms with Gasteiger partial charge in [0.15, 0.2) is 0 Å². The molecule has 0 aromatic heterocycles. The highest BCUT2D eigenvalue weighted by Gasteiger charge is 2.06. The van der Waals surface area contributed by atoms with Gasteiger partial charge in [0.2, 0.25) is 10.4 Å². The fourth-order valence-corrected chi connectivity index (χ4v) is 3.72. The monoisotopic (exact) mass is 451 g/mol. The zero-order chi connectivity index (χ0) is 22.9. The molecule has 0 bridgehead atoms. The zero-order valence-electron chi connectivity index (χ0n) is 20.7. The molecule has 0 fully saturated rings. The summed E-state index contributed by atoms with van der Waals surface area (Å²) in [6, 6.07) is 0. The molecule has 6 heteroatoms. The van der Waals surface area contributed by atoms with Crippen LogP contribution in [0, 0.1) is 0 Å². The van der Waals surface area contributed by atoms with Crippen molar-refractivity contribution < 1.29 is 22.1 Å². The van der Waals surface area contributed by atoms with Crippen LogP contribution in [0.4, 0.5) is 0 Å². The van der Waals surface area contributed by atoms with Crippen LogP contribution >= 0.6 is 0 Å². The maximum Gasteiger partial charge on any atom is 0.217 e. The topological polar surface area (TPSA) is 70.9 Å². The summed E-state index contributed by atoms with van der Waals surface area (Å²) in [5.74, 6) is 0. The van der Waals surface area contributed by atoms with E-state index in [1.807, 2.05) is 11.8 Å². The van der Waals surface area contributed by atoms with E-state index in [1.165, 1.54) is 110 Å². The molecule has 0 rings (SSSR count). The fraction of sp³-hybridized carbons (Fsp3) is 1.00. The number of hydrogen-bond donors (Lipinski definition) is 1. The molecular weight excluding hydrogens is 398 g/mol. The van der Waals surface area contributed by atoms with Gasteiger partial charge in [0.05, 0.1) is 26.2 Å². The fourth-order valence-electron chi connectivity index (χ4n) is 3.40. The molecule has 0 saturated heterocycles. The summed E-state index contributed by atoms with van der Waals surface area (Å²) in [5, 5.41) is 0. The van der Waals surface area contributed by atoms with Gasteiger partial charge in [0.25, 0.3) is 0 Å². The maximum absolute atomic E-state index is 9.73. The minimum Gasteiger partial charge on any atom is -0.726 e. The molecule has 0 aromatic carbocycles. The Hall–Kier alpha value is -0.170. The molecule has 0 heterocycles. The van der Waals surface area contributed by atoms with Gasteiger partial charge in [-0.05, 0) is 32.1 Å². The molecule has 0 amide bonds. The summed E-state index contributed by atoms with van der Waals surface area (Å²) < 4.78 is 33.1. The molecule has 0 saturated carbocycles. The molecule has 0 radical (unpaired) electrons. The van der Waals surface area contributed by atoms with Gasteiger partial charge < -0.3 is 9.45 Å². The minimum atomic E-state index is -4.45. The van der Waals surface area contributed by atoms with E-state index in [-0.39, 0.29) is 6.61 Å². The van der Waals surface area contributed by atoms with E-state index in [1.54, 1.807) is 0 Å². The highest BCUT2D eigenvalue weighted by Crippen LogP contribution is 2.10. The van der Waals surface area contributed by atoms with Crippen LogP contribution in [0.15, 0.2) is 0 Å². The van der Waals surface area contributed by atoms with Crippen molar-refractivity contribution in [2.24, 2.45) is 0 Å². The van der Waals surface area contributed by atoms with Crippen molar-refractivity contribution in [1.29, 1.82) is 0 Å². The second-order valence-corrected chi connectivity index (χ2v) is 9.53. The third-order valence-corrected chi connectivity index (χ3v) is 5.83. The quantitative estimate of drug-likeness (QED) is 0.139. The first kappa shape index (κ1) is 32.0. The predicted octanol–water partition coefficient (Wildman–Crippen LogP) is 5.66. The lowest BCUT2D eigenvalue weighted by Crippen LogP contribution is -3.12. The second kappa shape index (κ2) is 25.1. The lowest BCUT2D eigenvalue weighted by molar-refractivity contribution is -0.900. The van der Waals surface area contributed by atoms with Crippen LogP contribution in [0.5, 0.6) is 0 Å². The van der Waals surface area contributed by atoms with Gasteiger partial charge in [-0.2, -0.15) is 0 Å². The van der Waals surface area contributed by atoms with Crippen LogP contribution < -0.4 is 4.90 Å². The van der Waals surface area contributed by atoms with E-state index < -0.39 is 10.4 Å². The van der Waals surface area contributed by atoms with Crippen LogP contribution in [0.3, 0.4) is 0 Å². The summed E-state index contributed by atoms with van der Waals surface area (Å²) in [4.78, 5) is 1.87. The molecule has 0 aliphatic carbocycles. The normalized spacial score (nSPS) is 11.5. The van der Waals surface area contributed by atoms with Gasteiger partial charge in [-0.3, -0.25) is 4.18 Å². The van der Waals surface area contributed by atoms with Gasteiger partial charge in [-0.25, -0.2) is 8.42 Å². The molecule has 184 valence electrons. The summed E-state index contributed by atoms with van der Waals surface area (Å²) >= 11 is 0. The summed E-state index contributed by atoms with van der Waals surface area (Å²) in [6.45, 7) is 13.1. The lowest BCUT2D eigenvalue weighted by atomic mass is 10.1. The SMILES string of the molecule is CCCCCCCCCCCC[NH+](CCCC)CCCC.CCCCOS(=O)(=O)[O-]. The van der Waals surface area contributed by atoms with E-state index in [9.17, 15) is 13.0 Å². The number of quaternary nitrogens is 1. The van der Waals surface area contributed by atoms with Crippen LogP contribution in [0.25, 0.3) is 0 Å². The average molecular weight is 452 g/mol. The van der Waals surface area contributed by atoms with Gasteiger partial charge in [-0.15, -0.1) is 0 Å². The minimum absolute atomic E-state index is 0.00231. The number of nitrogens with one attached hydrogen (secondary N) is 1.